The van der Waals surface area contributed by atoms with Gasteiger partial charge in [-0.25, -0.2) is 0 Å². The lowest BCUT2D eigenvalue weighted by Gasteiger charge is -2.16. The van der Waals surface area contributed by atoms with Gasteiger partial charge in [0.05, 0.1) is 6.61 Å². The molecular formula is C11H13BrF3NO. The summed E-state index contributed by atoms with van der Waals surface area (Å²) in [6.45, 7) is -1.02. The predicted octanol–water partition coefficient (Wildman–Crippen LogP) is 3.07. The number of ether oxygens (including phenoxy) is 1. The third kappa shape index (κ3) is 5.52. The molecule has 0 spiro atoms. The van der Waals surface area contributed by atoms with Crippen LogP contribution in [-0.4, -0.2) is 25.9 Å². The third-order valence-electron chi connectivity index (χ3n) is 2.21. The van der Waals surface area contributed by atoms with Crippen LogP contribution in [0.1, 0.15) is 11.5 Å². The first-order valence-electron chi connectivity index (χ1n) is 5.02. The van der Waals surface area contributed by atoms with E-state index in [1.807, 2.05) is 24.3 Å². The van der Waals surface area contributed by atoms with Crippen molar-refractivity contribution in [3.05, 3.63) is 34.3 Å². The summed E-state index contributed by atoms with van der Waals surface area (Å²) in [5.41, 5.74) is 6.39. The van der Waals surface area contributed by atoms with Crippen LogP contribution in [0.15, 0.2) is 28.7 Å². The summed E-state index contributed by atoms with van der Waals surface area (Å²) in [4.78, 5) is 0. The van der Waals surface area contributed by atoms with E-state index in [4.69, 9.17) is 5.73 Å². The van der Waals surface area contributed by atoms with Crippen molar-refractivity contribution in [1.82, 2.24) is 0 Å². The van der Waals surface area contributed by atoms with Gasteiger partial charge in [0.1, 0.15) is 6.61 Å². The number of benzene rings is 1. The van der Waals surface area contributed by atoms with Gasteiger partial charge in [0.2, 0.25) is 0 Å². The average molecular weight is 312 g/mol. The van der Waals surface area contributed by atoms with Gasteiger partial charge in [-0.15, -0.1) is 0 Å². The first kappa shape index (κ1) is 14.5. The van der Waals surface area contributed by atoms with Gasteiger partial charge in [-0.2, -0.15) is 13.2 Å². The standard InChI is InChI=1S/C11H13BrF3NO/c12-10-3-1-8(2-4-10)9(5-16)6-17-7-11(13,14)15/h1-4,9H,5-7,16H2. The van der Waals surface area contributed by atoms with Crippen molar-refractivity contribution < 1.29 is 17.9 Å². The predicted molar refractivity (Wildman–Crippen MR) is 62.8 cm³/mol. The second kappa shape index (κ2) is 6.37. The zero-order chi connectivity index (χ0) is 12.9. The maximum absolute atomic E-state index is 11.9. The fourth-order valence-electron chi connectivity index (χ4n) is 1.35. The lowest BCUT2D eigenvalue weighted by atomic mass is 10.0. The molecule has 1 rings (SSSR count). The molecule has 0 heterocycles. The van der Waals surface area contributed by atoms with E-state index in [-0.39, 0.29) is 19.1 Å². The number of hydrogen-bond donors (Lipinski definition) is 1. The molecule has 0 aromatic heterocycles. The van der Waals surface area contributed by atoms with Gasteiger partial charge in [-0.1, -0.05) is 28.1 Å². The molecule has 0 fully saturated rings. The van der Waals surface area contributed by atoms with Crippen molar-refractivity contribution in [3.8, 4) is 0 Å². The van der Waals surface area contributed by atoms with Crippen molar-refractivity contribution in [2.45, 2.75) is 12.1 Å². The Bertz CT molecular complexity index is 340. The first-order chi connectivity index (χ1) is 7.92. The molecule has 1 aromatic carbocycles. The van der Waals surface area contributed by atoms with E-state index in [1.165, 1.54) is 0 Å². The molecule has 96 valence electrons. The molecule has 2 N–H and O–H groups in total. The van der Waals surface area contributed by atoms with Gasteiger partial charge in [0.15, 0.2) is 0 Å². The number of alkyl halides is 3. The largest absolute Gasteiger partial charge is 0.411 e. The van der Waals surface area contributed by atoms with Crippen LogP contribution in [0, 0.1) is 0 Å². The molecule has 0 saturated heterocycles. The molecule has 0 aliphatic carbocycles. The van der Waals surface area contributed by atoms with Crippen molar-refractivity contribution in [3.63, 3.8) is 0 Å². The molecular weight excluding hydrogens is 299 g/mol. The summed E-state index contributed by atoms with van der Waals surface area (Å²) in [6, 6.07) is 7.28. The minimum atomic E-state index is -4.29. The molecule has 6 heteroatoms. The Balaban J connectivity index is 2.51. The zero-order valence-electron chi connectivity index (χ0n) is 9.01. The lowest BCUT2D eigenvalue weighted by Crippen LogP contribution is -2.23. The quantitative estimate of drug-likeness (QED) is 0.907. The second-order valence-corrected chi connectivity index (χ2v) is 4.53. The van der Waals surface area contributed by atoms with Crippen LogP contribution >= 0.6 is 15.9 Å². The van der Waals surface area contributed by atoms with Gasteiger partial charge in [0.25, 0.3) is 0 Å². The van der Waals surface area contributed by atoms with Gasteiger partial charge in [-0.05, 0) is 17.7 Å². The summed E-state index contributed by atoms with van der Waals surface area (Å²) in [6.07, 6.45) is -4.29. The fraction of sp³-hybridized carbons (Fsp3) is 0.455. The molecule has 0 bridgehead atoms. The van der Waals surface area contributed by atoms with Crippen LogP contribution in [0.2, 0.25) is 0 Å². The van der Waals surface area contributed by atoms with E-state index in [0.29, 0.717) is 0 Å². The van der Waals surface area contributed by atoms with Gasteiger partial charge >= 0.3 is 6.18 Å². The monoisotopic (exact) mass is 311 g/mol. The van der Waals surface area contributed by atoms with E-state index in [1.54, 1.807) is 0 Å². The molecule has 0 saturated carbocycles. The van der Waals surface area contributed by atoms with Crippen LogP contribution in [-0.2, 0) is 4.74 Å². The first-order valence-corrected chi connectivity index (χ1v) is 5.81. The van der Waals surface area contributed by atoms with E-state index < -0.39 is 12.8 Å². The Hall–Kier alpha value is -0.590. The maximum Gasteiger partial charge on any atom is 0.411 e. The molecule has 0 amide bonds. The average Bonchev–Trinajstić information content (AvgIpc) is 2.24. The molecule has 2 nitrogen and oxygen atoms in total. The fourth-order valence-corrected chi connectivity index (χ4v) is 1.62. The summed E-state index contributed by atoms with van der Waals surface area (Å²) >= 11 is 3.28. The molecule has 0 aliphatic rings. The van der Waals surface area contributed by atoms with E-state index in [9.17, 15) is 13.2 Å². The zero-order valence-corrected chi connectivity index (χ0v) is 10.6. The van der Waals surface area contributed by atoms with Crippen molar-refractivity contribution in [2.75, 3.05) is 19.8 Å². The molecule has 17 heavy (non-hydrogen) atoms. The SMILES string of the molecule is NCC(COCC(F)(F)F)c1ccc(Br)cc1. The molecule has 1 atom stereocenters. The van der Waals surface area contributed by atoms with Crippen molar-refractivity contribution >= 4 is 15.9 Å². The minimum Gasteiger partial charge on any atom is -0.371 e. The Morgan fingerprint density at radius 2 is 1.82 bits per heavy atom. The van der Waals surface area contributed by atoms with Crippen LogP contribution in [0.5, 0.6) is 0 Å². The van der Waals surface area contributed by atoms with Crippen LogP contribution in [0.25, 0.3) is 0 Å². The van der Waals surface area contributed by atoms with Crippen molar-refractivity contribution in [2.24, 2.45) is 5.73 Å². The topological polar surface area (TPSA) is 35.2 Å². The highest BCUT2D eigenvalue weighted by molar-refractivity contribution is 9.10. The highest BCUT2D eigenvalue weighted by atomic mass is 79.9. The highest BCUT2D eigenvalue weighted by Crippen LogP contribution is 2.20. The summed E-state index contributed by atoms with van der Waals surface area (Å²) in [5.74, 6) is -0.217. The minimum absolute atomic E-state index is 0.0301. The van der Waals surface area contributed by atoms with Crippen LogP contribution < -0.4 is 5.73 Å². The lowest BCUT2D eigenvalue weighted by molar-refractivity contribution is -0.174. The van der Waals surface area contributed by atoms with Gasteiger partial charge in [-0.3, -0.25) is 0 Å². The normalized spacial score (nSPS) is 13.7. The van der Waals surface area contributed by atoms with Crippen LogP contribution in [0.3, 0.4) is 0 Å². The second-order valence-electron chi connectivity index (χ2n) is 3.61. The van der Waals surface area contributed by atoms with Gasteiger partial charge in [0, 0.05) is 16.9 Å². The Morgan fingerprint density at radius 1 is 1.24 bits per heavy atom. The number of rotatable bonds is 5. The Morgan fingerprint density at radius 3 is 2.29 bits per heavy atom. The smallest absolute Gasteiger partial charge is 0.371 e. The molecule has 0 radical (unpaired) electrons. The highest BCUT2D eigenvalue weighted by Gasteiger charge is 2.27. The maximum atomic E-state index is 11.9. The van der Waals surface area contributed by atoms with E-state index in [0.717, 1.165) is 10.0 Å². The Kier molecular flexibility index (Phi) is 5.42. The molecule has 1 aromatic rings. The van der Waals surface area contributed by atoms with Gasteiger partial charge < -0.3 is 10.5 Å². The molecule has 0 aliphatic heterocycles. The number of hydrogen-bond acceptors (Lipinski definition) is 2. The summed E-state index contributed by atoms with van der Waals surface area (Å²) < 4.78 is 41.2. The van der Waals surface area contributed by atoms with E-state index >= 15 is 0 Å². The summed E-state index contributed by atoms with van der Waals surface area (Å²) in [5, 5.41) is 0. The van der Waals surface area contributed by atoms with Crippen LogP contribution in [0.4, 0.5) is 13.2 Å². The summed E-state index contributed by atoms with van der Waals surface area (Å²) in [7, 11) is 0. The Labute approximate surface area is 106 Å². The molecule has 1 unspecified atom stereocenters. The number of nitrogens with two attached hydrogens (primary N) is 1. The third-order valence-corrected chi connectivity index (χ3v) is 2.74. The van der Waals surface area contributed by atoms with Crippen molar-refractivity contribution in [1.29, 1.82) is 0 Å². The number of halogens is 4. The van der Waals surface area contributed by atoms with E-state index in [2.05, 4.69) is 20.7 Å².